The van der Waals surface area contributed by atoms with E-state index in [1.165, 1.54) is 25.6 Å². The fourth-order valence-corrected chi connectivity index (χ4v) is 6.10. The fourth-order valence-electron chi connectivity index (χ4n) is 3.09. The van der Waals surface area contributed by atoms with Crippen LogP contribution in [-0.4, -0.2) is 52.3 Å². The third-order valence-corrected chi connectivity index (χ3v) is 7.76. The highest BCUT2D eigenvalue weighted by Gasteiger charge is 2.33. The maximum Gasteiger partial charge on any atom is 0.254 e. The summed E-state index contributed by atoms with van der Waals surface area (Å²) < 4.78 is 35.7. The number of carbonyl (C=O) groups excluding carboxylic acids is 1. The molecule has 0 spiro atoms. The van der Waals surface area contributed by atoms with Gasteiger partial charge in [0.2, 0.25) is 0 Å². The number of carbonyl (C=O) groups is 1. The molecule has 1 aliphatic rings. The summed E-state index contributed by atoms with van der Waals surface area (Å²) in [6.45, 7) is 0.590. The number of rotatable bonds is 4. The lowest BCUT2D eigenvalue weighted by Gasteiger charge is -2.20. The number of methoxy groups -OCH3 is 2. The molecule has 0 aliphatic carbocycles. The highest BCUT2D eigenvalue weighted by molar-refractivity contribution is 7.91. The lowest BCUT2D eigenvalue weighted by atomic mass is 10.1. The van der Waals surface area contributed by atoms with Gasteiger partial charge in [-0.1, -0.05) is 6.07 Å². The molecule has 1 atom stereocenters. The minimum atomic E-state index is -3.28. The lowest BCUT2D eigenvalue weighted by molar-refractivity contribution is 0.0766. The van der Waals surface area contributed by atoms with Gasteiger partial charge in [-0.2, -0.15) is 0 Å². The van der Waals surface area contributed by atoms with Gasteiger partial charge in [-0.15, -0.1) is 11.3 Å². The van der Waals surface area contributed by atoms with Gasteiger partial charge in [0.25, 0.3) is 5.91 Å². The Morgan fingerprint density at radius 1 is 1.15 bits per heavy atom. The van der Waals surface area contributed by atoms with Gasteiger partial charge in [-0.25, -0.2) is 8.42 Å². The molecule has 1 aromatic heterocycles. The minimum absolute atomic E-state index is 0.0331. The van der Waals surface area contributed by atoms with Gasteiger partial charge < -0.3 is 14.4 Å². The van der Waals surface area contributed by atoms with E-state index in [1.807, 2.05) is 17.5 Å². The summed E-state index contributed by atoms with van der Waals surface area (Å²) in [7, 11) is -0.242. The third kappa shape index (κ3) is 3.71. The Hall–Kier alpha value is -2.06. The summed E-state index contributed by atoms with van der Waals surface area (Å²) in [4.78, 5) is 15.3. The summed E-state index contributed by atoms with van der Waals surface area (Å²) in [5.41, 5.74) is 0.453. The monoisotopic (exact) mass is 395 g/mol. The van der Waals surface area contributed by atoms with Crippen LogP contribution in [0.2, 0.25) is 0 Å². The Bertz CT molecular complexity index is 877. The van der Waals surface area contributed by atoms with Gasteiger partial charge >= 0.3 is 0 Å². The van der Waals surface area contributed by atoms with E-state index >= 15 is 0 Å². The Morgan fingerprint density at radius 2 is 1.92 bits per heavy atom. The van der Waals surface area contributed by atoms with Crippen LogP contribution in [0.3, 0.4) is 0 Å². The van der Waals surface area contributed by atoms with E-state index in [9.17, 15) is 13.2 Å². The van der Waals surface area contributed by atoms with Crippen LogP contribution in [0.1, 0.15) is 26.9 Å². The van der Waals surface area contributed by atoms with E-state index < -0.39 is 15.1 Å². The molecule has 6 nitrogen and oxygen atoms in total. The SMILES string of the molecule is COc1ccc(C(=O)N2CCC(c3cccs3)S(=O)(=O)CC2)cc1OC. The van der Waals surface area contributed by atoms with Gasteiger partial charge in [0.15, 0.2) is 21.3 Å². The second-order valence-electron chi connectivity index (χ2n) is 6.02. The molecule has 0 radical (unpaired) electrons. The molecule has 2 aromatic rings. The third-order valence-electron chi connectivity index (χ3n) is 4.52. The average molecular weight is 396 g/mol. The van der Waals surface area contributed by atoms with Crippen molar-refractivity contribution in [2.75, 3.05) is 33.1 Å². The summed E-state index contributed by atoms with van der Waals surface area (Å²) in [5.74, 6) is 0.778. The Kier molecular flexibility index (Phi) is 5.52. The number of ether oxygens (including phenoxy) is 2. The predicted octanol–water partition coefficient (Wildman–Crippen LogP) is 2.77. The van der Waals surface area contributed by atoms with Crippen LogP contribution >= 0.6 is 11.3 Å². The molecule has 8 heteroatoms. The molecule has 2 heterocycles. The molecule has 0 N–H and O–H groups in total. The molecule has 0 saturated carbocycles. The van der Waals surface area contributed by atoms with E-state index in [0.717, 1.165) is 4.88 Å². The van der Waals surface area contributed by atoms with Crippen LogP contribution < -0.4 is 9.47 Å². The molecular weight excluding hydrogens is 374 g/mol. The predicted molar refractivity (Wildman–Crippen MR) is 101 cm³/mol. The Morgan fingerprint density at radius 3 is 2.58 bits per heavy atom. The number of nitrogens with zero attached hydrogens (tertiary/aromatic N) is 1. The largest absolute Gasteiger partial charge is 0.493 e. The van der Waals surface area contributed by atoms with Gasteiger partial charge in [0.1, 0.15) is 0 Å². The van der Waals surface area contributed by atoms with Crippen LogP contribution in [0.4, 0.5) is 0 Å². The molecule has 1 unspecified atom stereocenters. The zero-order valence-corrected chi connectivity index (χ0v) is 16.3. The van der Waals surface area contributed by atoms with Crippen molar-refractivity contribution in [2.24, 2.45) is 0 Å². The van der Waals surface area contributed by atoms with Crippen molar-refractivity contribution in [3.63, 3.8) is 0 Å². The first-order chi connectivity index (χ1) is 12.5. The summed E-state index contributed by atoms with van der Waals surface area (Å²) in [5, 5.41) is 1.34. The lowest BCUT2D eigenvalue weighted by Crippen LogP contribution is -2.33. The van der Waals surface area contributed by atoms with Crippen LogP contribution in [0.25, 0.3) is 0 Å². The Labute approximate surface area is 157 Å². The van der Waals surface area contributed by atoms with E-state index in [0.29, 0.717) is 30.0 Å². The van der Waals surface area contributed by atoms with Gasteiger partial charge in [0.05, 0.1) is 25.2 Å². The van der Waals surface area contributed by atoms with Crippen molar-refractivity contribution in [3.05, 3.63) is 46.2 Å². The molecule has 140 valence electrons. The maximum absolute atomic E-state index is 12.9. The summed E-state index contributed by atoms with van der Waals surface area (Å²) in [6.07, 6.45) is 0.405. The van der Waals surface area contributed by atoms with E-state index in [2.05, 4.69) is 0 Å². The van der Waals surface area contributed by atoms with Crippen molar-refractivity contribution in [1.29, 1.82) is 0 Å². The van der Waals surface area contributed by atoms with Gasteiger partial charge in [0, 0.05) is 23.5 Å². The molecule has 26 heavy (non-hydrogen) atoms. The normalized spacial score (nSPS) is 19.6. The molecule has 1 amide bonds. The second-order valence-corrected chi connectivity index (χ2v) is 9.30. The standard InChI is InChI=1S/C18H21NO5S2/c1-23-14-6-5-13(12-15(14)24-2)18(20)19-8-7-17(16-4-3-10-25-16)26(21,22)11-9-19/h3-6,10,12,17H,7-9,11H2,1-2H3. The summed E-state index contributed by atoms with van der Waals surface area (Å²) >= 11 is 1.44. The zero-order valence-electron chi connectivity index (χ0n) is 14.7. The van der Waals surface area contributed by atoms with Crippen LogP contribution in [0.15, 0.2) is 35.7 Å². The Balaban J connectivity index is 1.81. The minimum Gasteiger partial charge on any atom is -0.493 e. The van der Waals surface area contributed by atoms with Gasteiger partial charge in [-0.05, 0) is 36.1 Å². The fraction of sp³-hybridized carbons (Fsp3) is 0.389. The average Bonchev–Trinajstić information content (AvgIpc) is 3.11. The molecule has 3 rings (SSSR count). The number of hydrogen-bond donors (Lipinski definition) is 0. The first-order valence-electron chi connectivity index (χ1n) is 8.22. The molecule has 0 bridgehead atoms. The number of amides is 1. The maximum atomic E-state index is 12.9. The number of hydrogen-bond acceptors (Lipinski definition) is 6. The van der Waals surface area contributed by atoms with Crippen molar-refractivity contribution >= 4 is 27.1 Å². The number of thiophene rings is 1. The number of benzene rings is 1. The molecule has 1 aromatic carbocycles. The van der Waals surface area contributed by atoms with E-state index in [-0.39, 0.29) is 18.2 Å². The van der Waals surface area contributed by atoms with Crippen molar-refractivity contribution in [2.45, 2.75) is 11.7 Å². The van der Waals surface area contributed by atoms with E-state index in [1.54, 1.807) is 23.1 Å². The smallest absolute Gasteiger partial charge is 0.254 e. The first-order valence-corrected chi connectivity index (χ1v) is 10.8. The van der Waals surface area contributed by atoms with Crippen LogP contribution in [0, 0.1) is 0 Å². The number of sulfone groups is 1. The molecule has 1 aliphatic heterocycles. The highest BCUT2D eigenvalue weighted by atomic mass is 32.2. The van der Waals surface area contributed by atoms with E-state index in [4.69, 9.17) is 9.47 Å². The second kappa shape index (κ2) is 7.67. The topological polar surface area (TPSA) is 72.9 Å². The molecule has 1 saturated heterocycles. The van der Waals surface area contributed by atoms with Crippen molar-refractivity contribution < 1.29 is 22.7 Å². The quantitative estimate of drug-likeness (QED) is 0.796. The van der Waals surface area contributed by atoms with Crippen LogP contribution in [-0.2, 0) is 9.84 Å². The van der Waals surface area contributed by atoms with Gasteiger partial charge in [-0.3, -0.25) is 4.79 Å². The first kappa shape index (κ1) is 18.7. The molecule has 1 fully saturated rings. The summed E-state index contributed by atoms with van der Waals surface area (Å²) in [6, 6.07) is 8.66. The highest BCUT2D eigenvalue weighted by Crippen LogP contribution is 2.33. The van der Waals surface area contributed by atoms with Crippen molar-refractivity contribution in [3.8, 4) is 11.5 Å². The van der Waals surface area contributed by atoms with Crippen LogP contribution in [0.5, 0.6) is 11.5 Å². The molecular formula is C18H21NO5S2. The zero-order chi connectivity index (χ0) is 18.7. The van der Waals surface area contributed by atoms with Crippen molar-refractivity contribution in [1.82, 2.24) is 4.90 Å².